The van der Waals surface area contributed by atoms with Crippen molar-refractivity contribution >= 4 is 0 Å². The highest BCUT2D eigenvalue weighted by Crippen LogP contribution is 1.91. The summed E-state index contributed by atoms with van der Waals surface area (Å²) in [4.78, 5) is 0. The predicted molar refractivity (Wildman–Crippen MR) is 47.0 cm³/mol. The smallest absolute Gasteiger partial charge is 0.0143 e. The molecule has 1 heteroatoms. The lowest BCUT2D eigenvalue weighted by Crippen LogP contribution is -2.11. The molecule has 0 aromatic rings. The standard InChI is InChI=1S/C9H19N/c1-4-6-8-10-9(3)7-5-2/h7,10H,4-6,8H2,1-3H3/b9-7+. The molecule has 10 heavy (non-hydrogen) atoms. The van der Waals surface area contributed by atoms with Gasteiger partial charge in [-0.3, -0.25) is 0 Å². The molecule has 60 valence electrons. The second-order valence-electron chi connectivity index (χ2n) is 2.58. The van der Waals surface area contributed by atoms with Gasteiger partial charge in [-0.1, -0.05) is 26.3 Å². The normalized spacial score (nSPS) is 11.7. The average Bonchev–Trinajstić information content (AvgIpc) is 1.89. The van der Waals surface area contributed by atoms with Crippen LogP contribution in [0.15, 0.2) is 11.8 Å². The van der Waals surface area contributed by atoms with Crippen molar-refractivity contribution in [1.82, 2.24) is 5.32 Å². The predicted octanol–water partition coefficient (Wildman–Crippen LogP) is 2.69. The average molecular weight is 141 g/mol. The Labute approximate surface area is 64.5 Å². The molecule has 0 aliphatic carbocycles. The molecular formula is C9H19N. The lowest BCUT2D eigenvalue weighted by atomic mass is 10.3. The van der Waals surface area contributed by atoms with Gasteiger partial charge in [-0.25, -0.2) is 0 Å². The van der Waals surface area contributed by atoms with E-state index in [1.54, 1.807) is 0 Å². The Bertz CT molecular complexity index is 94.9. The molecule has 0 unspecified atom stereocenters. The van der Waals surface area contributed by atoms with Gasteiger partial charge < -0.3 is 5.32 Å². The van der Waals surface area contributed by atoms with E-state index >= 15 is 0 Å². The van der Waals surface area contributed by atoms with Crippen molar-refractivity contribution < 1.29 is 0 Å². The molecular weight excluding hydrogens is 122 g/mol. The number of allylic oxidation sites excluding steroid dienone is 2. The van der Waals surface area contributed by atoms with Gasteiger partial charge in [-0.15, -0.1) is 0 Å². The molecule has 0 atom stereocenters. The maximum atomic E-state index is 3.35. The van der Waals surface area contributed by atoms with Gasteiger partial charge in [0.15, 0.2) is 0 Å². The molecule has 0 aliphatic heterocycles. The molecule has 0 aromatic carbocycles. The van der Waals surface area contributed by atoms with Crippen molar-refractivity contribution in [3.05, 3.63) is 11.8 Å². The van der Waals surface area contributed by atoms with Crippen molar-refractivity contribution in [1.29, 1.82) is 0 Å². The highest BCUT2D eigenvalue weighted by Gasteiger charge is 1.84. The van der Waals surface area contributed by atoms with E-state index in [1.807, 2.05) is 0 Å². The van der Waals surface area contributed by atoms with Crippen LogP contribution in [0, 0.1) is 0 Å². The first-order chi connectivity index (χ1) is 4.81. The van der Waals surface area contributed by atoms with E-state index in [0.29, 0.717) is 0 Å². The van der Waals surface area contributed by atoms with E-state index < -0.39 is 0 Å². The first-order valence-electron chi connectivity index (χ1n) is 4.21. The summed E-state index contributed by atoms with van der Waals surface area (Å²) >= 11 is 0. The summed E-state index contributed by atoms with van der Waals surface area (Å²) in [6.45, 7) is 7.61. The van der Waals surface area contributed by atoms with E-state index in [9.17, 15) is 0 Å². The summed E-state index contributed by atoms with van der Waals surface area (Å²) in [7, 11) is 0. The van der Waals surface area contributed by atoms with E-state index in [0.717, 1.165) is 13.0 Å². The van der Waals surface area contributed by atoms with Crippen molar-refractivity contribution in [2.24, 2.45) is 0 Å². The van der Waals surface area contributed by atoms with Gasteiger partial charge in [0.25, 0.3) is 0 Å². The maximum Gasteiger partial charge on any atom is 0.0143 e. The summed E-state index contributed by atoms with van der Waals surface area (Å²) in [5.74, 6) is 0. The van der Waals surface area contributed by atoms with Crippen molar-refractivity contribution in [3.63, 3.8) is 0 Å². The molecule has 0 spiro atoms. The summed E-state index contributed by atoms with van der Waals surface area (Å²) in [5.41, 5.74) is 1.32. The summed E-state index contributed by atoms with van der Waals surface area (Å²) in [6, 6.07) is 0. The van der Waals surface area contributed by atoms with Crippen LogP contribution in [0.5, 0.6) is 0 Å². The molecule has 0 saturated carbocycles. The summed E-state index contributed by atoms with van der Waals surface area (Å²) in [6.07, 6.45) is 5.89. The lowest BCUT2D eigenvalue weighted by molar-refractivity contribution is 0.708. The topological polar surface area (TPSA) is 12.0 Å². The Morgan fingerprint density at radius 3 is 2.60 bits per heavy atom. The molecule has 0 rings (SSSR count). The Morgan fingerprint density at radius 2 is 2.10 bits per heavy atom. The highest BCUT2D eigenvalue weighted by molar-refractivity contribution is 4.93. The zero-order chi connectivity index (χ0) is 7.82. The van der Waals surface area contributed by atoms with Crippen LogP contribution in [0.4, 0.5) is 0 Å². The number of hydrogen-bond acceptors (Lipinski definition) is 1. The quantitative estimate of drug-likeness (QED) is 0.580. The largest absolute Gasteiger partial charge is 0.389 e. The van der Waals surface area contributed by atoms with Crippen LogP contribution in [0.2, 0.25) is 0 Å². The fourth-order valence-electron chi connectivity index (χ4n) is 0.841. The molecule has 0 aromatic heterocycles. The molecule has 0 amide bonds. The van der Waals surface area contributed by atoms with Crippen LogP contribution in [0.1, 0.15) is 40.0 Å². The van der Waals surface area contributed by atoms with Crippen LogP contribution < -0.4 is 5.32 Å². The van der Waals surface area contributed by atoms with E-state index in [4.69, 9.17) is 0 Å². The molecule has 0 heterocycles. The van der Waals surface area contributed by atoms with E-state index in [-0.39, 0.29) is 0 Å². The summed E-state index contributed by atoms with van der Waals surface area (Å²) < 4.78 is 0. The fraction of sp³-hybridized carbons (Fsp3) is 0.778. The van der Waals surface area contributed by atoms with Gasteiger partial charge in [-0.2, -0.15) is 0 Å². The van der Waals surface area contributed by atoms with Gasteiger partial charge in [0.2, 0.25) is 0 Å². The Balaban J connectivity index is 3.21. The first-order valence-corrected chi connectivity index (χ1v) is 4.21. The minimum atomic E-state index is 1.12. The number of rotatable bonds is 5. The maximum absolute atomic E-state index is 3.35. The monoisotopic (exact) mass is 141 g/mol. The van der Waals surface area contributed by atoms with Crippen molar-refractivity contribution in [2.45, 2.75) is 40.0 Å². The minimum absolute atomic E-state index is 1.12. The zero-order valence-corrected chi connectivity index (χ0v) is 7.41. The van der Waals surface area contributed by atoms with Crippen LogP contribution in [0.3, 0.4) is 0 Å². The van der Waals surface area contributed by atoms with Gasteiger partial charge >= 0.3 is 0 Å². The summed E-state index contributed by atoms with van der Waals surface area (Å²) in [5, 5.41) is 3.35. The fourth-order valence-corrected chi connectivity index (χ4v) is 0.841. The van der Waals surface area contributed by atoms with Crippen LogP contribution in [-0.2, 0) is 0 Å². The van der Waals surface area contributed by atoms with E-state index in [1.165, 1.54) is 18.5 Å². The number of nitrogens with one attached hydrogen (secondary N) is 1. The molecule has 1 N–H and O–H groups in total. The second-order valence-corrected chi connectivity index (χ2v) is 2.58. The van der Waals surface area contributed by atoms with Crippen molar-refractivity contribution in [2.75, 3.05) is 6.54 Å². The van der Waals surface area contributed by atoms with Crippen LogP contribution >= 0.6 is 0 Å². The molecule has 0 radical (unpaired) electrons. The van der Waals surface area contributed by atoms with Crippen LogP contribution in [0.25, 0.3) is 0 Å². The number of hydrogen-bond donors (Lipinski definition) is 1. The van der Waals surface area contributed by atoms with Gasteiger partial charge in [0.05, 0.1) is 0 Å². The molecule has 1 nitrogen and oxygen atoms in total. The lowest BCUT2D eigenvalue weighted by Gasteiger charge is -2.03. The third-order valence-electron chi connectivity index (χ3n) is 1.44. The minimum Gasteiger partial charge on any atom is -0.389 e. The third kappa shape index (κ3) is 5.67. The highest BCUT2D eigenvalue weighted by atomic mass is 14.9. The third-order valence-corrected chi connectivity index (χ3v) is 1.44. The van der Waals surface area contributed by atoms with Gasteiger partial charge in [0, 0.05) is 12.2 Å². The Morgan fingerprint density at radius 1 is 1.40 bits per heavy atom. The van der Waals surface area contributed by atoms with Gasteiger partial charge in [0.1, 0.15) is 0 Å². The first kappa shape index (κ1) is 9.54. The Hall–Kier alpha value is -0.460. The Kier molecular flexibility index (Phi) is 6.35. The SMILES string of the molecule is CC/C=C(\C)NCCCC. The molecule has 0 saturated heterocycles. The van der Waals surface area contributed by atoms with Gasteiger partial charge in [-0.05, 0) is 19.8 Å². The molecule has 0 fully saturated rings. The van der Waals surface area contributed by atoms with Crippen LogP contribution in [-0.4, -0.2) is 6.54 Å². The van der Waals surface area contributed by atoms with E-state index in [2.05, 4.69) is 32.2 Å². The number of unbranched alkanes of at least 4 members (excludes halogenated alkanes) is 1. The van der Waals surface area contributed by atoms with Crippen molar-refractivity contribution in [3.8, 4) is 0 Å². The second kappa shape index (κ2) is 6.66. The zero-order valence-electron chi connectivity index (χ0n) is 7.41. The molecule has 0 bridgehead atoms. The molecule has 0 aliphatic rings.